The molecule has 0 heterocycles. The maximum Gasteiger partial charge on any atom is 0.0237 e. The summed E-state index contributed by atoms with van der Waals surface area (Å²) in [5.41, 5.74) is 1.61. The summed E-state index contributed by atoms with van der Waals surface area (Å²) in [5, 5.41) is 0. The van der Waals surface area contributed by atoms with Crippen LogP contribution in [0.2, 0.25) is 0 Å². The van der Waals surface area contributed by atoms with Crippen LogP contribution in [0.4, 0.5) is 0 Å². The van der Waals surface area contributed by atoms with E-state index in [9.17, 15) is 0 Å². The first kappa shape index (κ1) is 10.4. The predicted molar refractivity (Wildman–Crippen MR) is 58.4 cm³/mol. The minimum atomic E-state index is 0.495. The molecule has 13 heavy (non-hydrogen) atoms. The van der Waals surface area contributed by atoms with Gasteiger partial charge in [0.15, 0.2) is 0 Å². The lowest BCUT2D eigenvalue weighted by Gasteiger charge is -2.16. The Morgan fingerprint density at radius 1 is 1.54 bits per heavy atom. The second-order valence-electron chi connectivity index (χ2n) is 3.96. The van der Waals surface area contributed by atoms with E-state index >= 15 is 0 Å². The monoisotopic (exact) mass is 176 g/mol. The minimum absolute atomic E-state index is 0.495. The van der Waals surface area contributed by atoms with Crippen LogP contribution in [0.1, 0.15) is 51.9 Å². The van der Waals surface area contributed by atoms with Crippen LogP contribution in [0.5, 0.6) is 0 Å². The second-order valence-corrected chi connectivity index (χ2v) is 3.96. The molecule has 0 radical (unpaired) electrons. The Morgan fingerprint density at radius 3 is 2.92 bits per heavy atom. The van der Waals surface area contributed by atoms with Crippen molar-refractivity contribution in [2.45, 2.75) is 51.9 Å². The normalized spacial score (nSPS) is 18.9. The molecule has 0 aromatic carbocycles. The highest BCUT2D eigenvalue weighted by Crippen LogP contribution is 2.25. The van der Waals surface area contributed by atoms with Crippen molar-refractivity contribution < 1.29 is 0 Å². The molecule has 1 aliphatic rings. The third-order valence-corrected chi connectivity index (χ3v) is 2.77. The smallest absolute Gasteiger partial charge is 0.0237 e. The van der Waals surface area contributed by atoms with Gasteiger partial charge < -0.3 is 0 Å². The van der Waals surface area contributed by atoms with Crippen LogP contribution in [-0.4, -0.2) is 0 Å². The molecule has 0 bridgehead atoms. The van der Waals surface area contributed by atoms with E-state index in [1.54, 1.807) is 5.57 Å². The molecular formula is C13H20. The maximum absolute atomic E-state index is 5.50. The zero-order chi connectivity index (χ0) is 9.52. The Morgan fingerprint density at radius 2 is 2.38 bits per heavy atom. The summed E-state index contributed by atoms with van der Waals surface area (Å²) in [4.78, 5) is 0. The van der Waals surface area contributed by atoms with Gasteiger partial charge in [-0.15, -0.1) is 12.3 Å². The standard InChI is InChI=1S/C13H20/c1-3-8-12(4-2)11-13-9-6-5-7-10-13/h2,9,12H,3,5-8,10-11H2,1H3. The Kier molecular flexibility index (Phi) is 4.68. The predicted octanol–water partition coefficient (Wildman–Crippen LogP) is 3.93. The van der Waals surface area contributed by atoms with Crippen LogP contribution in [0.3, 0.4) is 0 Å². The molecular weight excluding hydrogens is 156 g/mol. The third-order valence-electron chi connectivity index (χ3n) is 2.77. The lowest BCUT2D eigenvalue weighted by atomic mass is 9.89. The highest BCUT2D eigenvalue weighted by Gasteiger charge is 2.09. The molecule has 72 valence electrons. The molecule has 0 saturated heterocycles. The molecule has 0 heteroatoms. The van der Waals surface area contributed by atoms with E-state index in [4.69, 9.17) is 6.42 Å². The summed E-state index contributed by atoms with van der Waals surface area (Å²) in [6, 6.07) is 0. The first-order valence-electron chi connectivity index (χ1n) is 5.50. The van der Waals surface area contributed by atoms with Gasteiger partial charge in [0, 0.05) is 5.92 Å². The Hall–Kier alpha value is -0.700. The van der Waals surface area contributed by atoms with Crippen LogP contribution < -0.4 is 0 Å². The highest BCUT2D eigenvalue weighted by molar-refractivity contribution is 5.09. The van der Waals surface area contributed by atoms with Gasteiger partial charge in [0.2, 0.25) is 0 Å². The van der Waals surface area contributed by atoms with Crippen LogP contribution in [0.15, 0.2) is 11.6 Å². The Labute approximate surface area is 82.4 Å². The second kappa shape index (κ2) is 5.86. The molecule has 0 saturated carbocycles. The van der Waals surface area contributed by atoms with Crippen molar-refractivity contribution in [1.29, 1.82) is 0 Å². The van der Waals surface area contributed by atoms with Crippen LogP contribution in [-0.2, 0) is 0 Å². The van der Waals surface area contributed by atoms with Gasteiger partial charge in [0.1, 0.15) is 0 Å². The topological polar surface area (TPSA) is 0 Å². The molecule has 0 spiro atoms. The van der Waals surface area contributed by atoms with Gasteiger partial charge in [0.25, 0.3) is 0 Å². The van der Waals surface area contributed by atoms with E-state index < -0.39 is 0 Å². The third kappa shape index (κ3) is 3.68. The summed E-state index contributed by atoms with van der Waals surface area (Å²) >= 11 is 0. The average Bonchev–Trinajstić information content (AvgIpc) is 2.19. The van der Waals surface area contributed by atoms with E-state index in [2.05, 4.69) is 18.9 Å². The summed E-state index contributed by atoms with van der Waals surface area (Å²) in [6.45, 7) is 2.21. The van der Waals surface area contributed by atoms with Crippen LogP contribution in [0, 0.1) is 18.3 Å². The molecule has 0 fully saturated rings. The van der Waals surface area contributed by atoms with Crippen molar-refractivity contribution >= 4 is 0 Å². The molecule has 0 amide bonds. The van der Waals surface area contributed by atoms with Crippen LogP contribution >= 0.6 is 0 Å². The van der Waals surface area contributed by atoms with E-state index in [1.165, 1.54) is 38.5 Å². The highest BCUT2D eigenvalue weighted by atomic mass is 14.1. The van der Waals surface area contributed by atoms with Gasteiger partial charge in [-0.3, -0.25) is 0 Å². The lowest BCUT2D eigenvalue weighted by Crippen LogP contribution is -2.01. The van der Waals surface area contributed by atoms with Crippen molar-refractivity contribution in [3.63, 3.8) is 0 Å². The molecule has 0 aliphatic heterocycles. The van der Waals surface area contributed by atoms with Crippen molar-refractivity contribution in [3.8, 4) is 12.3 Å². The van der Waals surface area contributed by atoms with E-state index in [0.29, 0.717) is 5.92 Å². The van der Waals surface area contributed by atoms with E-state index in [0.717, 1.165) is 6.42 Å². The first-order chi connectivity index (χ1) is 6.36. The zero-order valence-corrected chi connectivity index (χ0v) is 8.68. The van der Waals surface area contributed by atoms with Crippen LogP contribution in [0.25, 0.3) is 0 Å². The zero-order valence-electron chi connectivity index (χ0n) is 8.68. The summed E-state index contributed by atoms with van der Waals surface area (Å²) in [6.07, 6.45) is 16.8. The molecule has 0 nitrogen and oxygen atoms in total. The summed E-state index contributed by atoms with van der Waals surface area (Å²) in [5.74, 6) is 3.40. The number of allylic oxidation sites excluding steroid dienone is 2. The van der Waals surface area contributed by atoms with Gasteiger partial charge in [-0.2, -0.15) is 0 Å². The SMILES string of the molecule is C#CC(CCC)CC1=CCCCC1. The molecule has 1 atom stereocenters. The van der Waals surface area contributed by atoms with Crippen molar-refractivity contribution in [1.82, 2.24) is 0 Å². The minimum Gasteiger partial charge on any atom is -0.120 e. The largest absolute Gasteiger partial charge is 0.120 e. The average molecular weight is 176 g/mol. The summed E-state index contributed by atoms with van der Waals surface area (Å²) < 4.78 is 0. The number of terminal acetylenes is 1. The van der Waals surface area contributed by atoms with Gasteiger partial charge in [0.05, 0.1) is 0 Å². The molecule has 1 rings (SSSR count). The van der Waals surface area contributed by atoms with Gasteiger partial charge in [-0.05, 0) is 38.5 Å². The first-order valence-corrected chi connectivity index (χ1v) is 5.50. The van der Waals surface area contributed by atoms with Gasteiger partial charge in [-0.1, -0.05) is 25.0 Å². The Balaban J connectivity index is 2.36. The maximum atomic E-state index is 5.50. The number of hydrogen-bond acceptors (Lipinski definition) is 0. The van der Waals surface area contributed by atoms with Gasteiger partial charge >= 0.3 is 0 Å². The molecule has 1 aliphatic carbocycles. The fourth-order valence-corrected chi connectivity index (χ4v) is 2.00. The molecule has 1 unspecified atom stereocenters. The fourth-order valence-electron chi connectivity index (χ4n) is 2.00. The molecule has 0 aromatic heterocycles. The van der Waals surface area contributed by atoms with Crippen molar-refractivity contribution in [2.75, 3.05) is 0 Å². The van der Waals surface area contributed by atoms with E-state index in [1.807, 2.05) is 0 Å². The van der Waals surface area contributed by atoms with Gasteiger partial charge in [-0.25, -0.2) is 0 Å². The lowest BCUT2D eigenvalue weighted by molar-refractivity contribution is 0.563. The summed E-state index contributed by atoms with van der Waals surface area (Å²) in [7, 11) is 0. The van der Waals surface area contributed by atoms with Crippen molar-refractivity contribution in [2.24, 2.45) is 5.92 Å². The molecule has 0 aromatic rings. The number of hydrogen-bond donors (Lipinski definition) is 0. The fraction of sp³-hybridized carbons (Fsp3) is 0.692. The van der Waals surface area contributed by atoms with Crippen molar-refractivity contribution in [3.05, 3.63) is 11.6 Å². The molecule has 0 N–H and O–H groups in total. The quantitative estimate of drug-likeness (QED) is 0.450. The number of rotatable bonds is 4. The Bertz CT molecular complexity index is 205. The van der Waals surface area contributed by atoms with E-state index in [-0.39, 0.29) is 0 Å².